The molecule has 1 aliphatic rings. The van der Waals surface area contributed by atoms with Crippen molar-refractivity contribution in [3.05, 3.63) is 23.9 Å². The third-order valence-electron chi connectivity index (χ3n) is 3.41. The van der Waals surface area contributed by atoms with E-state index >= 15 is 0 Å². The topological polar surface area (TPSA) is 92.7 Å². The molecule has 1 atom stereocenters. The first-order chi connectivity index (χ1) is 10.9. The largest absolute Gasteiger partial charge is 0.475 e. The van der Waals surface area contributed by atoms with E-state index in [1.165, 1.54) is 0 Å². The number of ether oxygens (including phenoxy) is 1. The molecular weight excluding hydrogens is 316 g/mol. The van der Waals surface area contributed by atoms with Crippen LogP contribution in [0.3, 0.4) is 0 Å². The Morgan fingerprint density at radius 1 is 1.48 bits per heavy atom. The van der Waals surface area contributed by atoms with Gasteiger partial charge in [0.15, 0.2) is 15.8 Å². The van der Waals surface area contributed by atoms with Crippen molar-refractivity contribution in [1.82, 2.24) is 15.6 Å². The summed E-state index contributed by atoms with van der Waals surface area (Å²) < 4.78 is 28.5. The van der Waals surface area contributed by atoms with Gasteiger partial charge in [-0.3, -0.25) is 4.99 Å². The first-order valence-corrected chi connectivity index (χ1v) is 9.49. The average molecular weight is 340 g/mol. The Hall–Kier alpha value is -1.83. The van der Waals surface area contributed by atoms with Crippen LogP contribution in [-0.4, -0.2) is 50.1 Å². The van der Waals surface area contributed by atoms with Crippen molar-refractivity contribution < 1.29 is 13.2 Å². The van der Waals surface area contributed by atoms with Gasteiger partial charge in [-0.2, -0.15) is 0 Å². The molecule has 2 N–H and O–H groups in total. The number of hydrogen-bond donors (Lipinski definition) is 2. The van der Waals surface area contributed by atoms with E-state index in [-0.39, 0.29) is 23.7 Å². The molecule has 2 rings (SSSR count). The quantitative estimate of drug-likeness (QED) is 0.606. The molecule has 2 heterocycles. The normalized spacial score (nSPS) is 20.5. The van der Waals surface area contributed by atoms with Crippen LogP contribution in [0.4, 0.5) is 0 Å². The zero-order valence-electron chi connectivity index (χ0n) is 13.7. The molecule has 7 nitrogen and oxygen atoms in total. The number of aliphatic imine (C=N–C) groups is 1. The van der Waals surface area contributed by atoms with Gasteiger partial charge in [0.1, 0.15) is 0 Å². The lowest BCUT2D eigenvalue weighted by Crippen LogP contribution is -2.43. The smallest absolute Gasteiger partial charge is 0.213 e. The molecule has 0 aromatic carbocycles. The van der Waals surface area contributed by atoms with Gasteiger partial charge in [0.05, 0.1) is 17.6 Å². The number of nitrogens with zero attached hydrogens (tertiary/aromatic N) is 2. The number of guanidine groups is 1. The Kier molecular flexibility index (Phi) is 5.81. The van der Waals surface area contributed by atoms with Crippen LogP contribution in [0.5, 0.6) is 5.88 Å². The van der Waals surface area contributed by atoms with E-state index in [1.54, 1.807) is 13.2 Å². The fourth-order valence-corrected chi connectivity index (χ4v) is 3.98. The maximum atomic E-state index is 11.5. The second-order valence-electron chi connectivity index (χ2n) is 5.84. The SMILES string of the molecule is CN=C(NCc1ccc(OC(C)C)nc1)NC1CCS(=O)(=O)C1. The van der Waals surface area contributed by atoms with E-state index < -0.39 is 9.84 Å². The van der Waals surface area contributed by atoms with Crippen molar-refractivity contribution in [1.29, 1.82) is 0 Å². The molecule has 0 amide bonds. The van der Waals surface area contributed by atoms with Gasteiger partial charge in [-0.05, 0) is 25.8 Å². The summed E-state index contributed by atoms with van der Waals surface area (Å²) in [6.07, 6.45) is 2.46. The first-order valence-electron chi connectivity index (χ1n) is 7.67. The lowest BCUT2D eigenvalue weighted by molar-refractivity contribution is 0.232. The predicted molar refractivity (Wildman–Crippen MR) is 90.4 cm³/mol. The van der Waals surface area contributed by atoms with Crippen LogP contribution in [0.15, 0.2) is 23.3 Å². The third kappa shape index (κ3) is 5.70. The van der Waals surface area contributed by atoms with E-state index in [4.69, 9.17) is 4.74 Å². The van der Waals surface area contributed by atoms with Gasteiger partial charge in [0, 0.05) is 31.9 Å². The molecule has 0 saturated carbocycles. The molecule has 23 heavy (non-hydrogen) atoms. The van der Waals surface area contributed by atoms with Gasteiger partial charge in [-0.25, -0.2) is 13.4 Å². The van der Waals surface area contributed by atoms with Crippen LogP contribution >= 0.6 is 0 Å². The average Bonchev–Trinajstić information content (AvgIpc) is 2.83. The second kappa shape index (κ2) is 7.63. The van der Waals surface area contributed by atoms with Gasteiger partial charge < -0.3 is 15.4 Å². The third-order valence-corrected chi connectivity index (χ3v) is 5.18. The summed E-state index contributed by atoms with van der Waals surface area (Å²) in [6.45, 7) is 4.46. The number of hydrogen-bond acceptors (Lipinski definition) is 5. The van der Waals surface area contributed by atoms with Gasteiger partial charge in [0.25, 0.3) is 0 Å². The number of sulfone groups is 1. The predicted octanol–water partition coefficient (Wildman–Crippen LogP) is 0.721. The maximum absolute atomic E-state index is 11.5. The minimum absolute atomic E-state index is 0.0776. The Morgan fingerprint density at radius 2 is 2.26 bits per heavy atom. The molecule has 0 spiro atoms. The molecule has 1 aromatic heterocycles. The number of nitrogens with one attached hydrogen (secondary N) is 2. The first kappa shape index (κ1) is 17.5. The lowest BCUT2D eigenvalue weighted by Gasteiger charge is -2.16. The Bertz CT molecular complexity index is 641. The van der Waals surface area contributed by atoms with Crippen LogP contribution in [0.1, 0.15) is 25.8 Å². The second-order valence-corrected chi connectivity index (χ2v) is 8.07. The van der Waals surface area contributed by atoms with Crippen molar-refractivity contribution in [2.75, 3.05) is 18.6 Å². The minimum Gasteiger partial charge on any atom is -0.475 e. The van der Waals surface area contributed by atoms with Crippen molar-refractivity contribution in [2.24, 2.45) is 4.99 Å². The molecule has 1 aliphatic heterocycles. The van der Waals surface area contributed by atoms with E-state index in [2.05, 4.69) is 20.6 Å². The van der Waals surface area contributed by atoms with Gasteiger partial charge in [-0.15, -0.1) is 0 Å². The highest BCUT2D eigenvalue weighted by molar-refractivity contribution is 7.91. The zero-order valence-corrected chi connectivity index (χ0v) is 14.6. The van der Waals surface area contributed by atoms with Crippen LogP contribution in [0.2, 0.25) is 0 Å². The fraction of sp³-hybridized carbons (Fsp3) is 0.600. The maximum Gasteiger partial charge on any atom is 0.213 e. The Balaban J connectivity index is 1.83. The number of pyridine rings is 1. The van der Waals surface area contributed by atoms with E-state index in [1.807, 2.05) is 26.0 Å². The summed E-state index contributed by atoms with van der Waals surface area (Å²) in [7, 11) is -1.24. The standard InChI is InChI=1S/C15H24N4O3S/c1-11(2)22-14-5-4-12(8-17-14)9-18-15(16-3)19-13-6-7-23(20,21)10-13/h4-5,8,11,13H,6-7,9-10H2,1-3H3,(H2,16,18,19). The molecule has 0 bridgehead atoms. The van der Waals surface area contributed by atoms with Crippen LogP contribution in [0, 0.1) is 0 Å². The summed E-state index contributed by atoms with van der Waals surface area (Å²) >= 11 is 0. The van der Waals surface area contributed by atoms with Crippen LogP contribution < -0.4 is 15.4 Å². The molecule has 128 valence electrons. The lowest BCUT2D eigenvalue weighted by atomic mass is 10.2. The molecule has 1 unspecified atom stereocenters. The number of rotatable bonds is 5. The van der Waals surface area contributed by atoms with Crippen molar-refractivity contribution >= 4 is 15.8 Å². The highest BCUT2D eigenvalue weighted by Gasteiger charge is 2.28. The number of aromatic nitrogens is 1. The summed E-state index contributed by atoms with van der Waals surface area (Å²) in [4.78, 5) is 8.37. The van der Waals surface area contributed by atoms with Crippen LogP contribution in [0.25, 0.3) is 0 Å². The molecule has 0 radical (unpaired) electrons. The van der Waals surface area contributed by atoms with E-state index in [0.29, 0.717) is 24.8 Å². The summed E-state index contributed by atoms with van der Waals surface area (Å²) in [5.41, 5.74) is 0.989. The molecule has 0 aliphatic carbocycles. The Labute approximate surface area is 137 Å². The molecule has 8 heteroatoms. The highest BCUT2D eigenvalue weighted by atomic mass is 32.2. The summed E-state index contributed by atoms with van der Waals surface area (Å²) in [5, 5.41) is 6.31. The fourth-order valence-electron chi connectivity index (χ4n) is 2.31. The monoisotopic (exact) mass is 340 g/mol. The van der Waals surface area contributed by atoms with Crippen molar-refractivity contribution in [2.45, 2.75) is 39.0 Å². The van der Waals surface area contributed by atoms with Crippen LogP contribution in [-0.2, 0) is 16.4 Å². The van der Waals surface area contributed by atoms with E-state index in [9.17, 15) is 8.42 Å². The molecular formula is C15H24N4O3S. The summed E-state index contributed by atoms with van der Waals surface area (Å²) in [6, 6.07) is 3.69. The zero-order chi connectivity index (χ0) is 16.9. The molecule has 1 saturated heterocycles. The Morgan fingerprint density at radius 3 is 2.78 bits per heavy atom. The van der Waals surface area contributed by atoms with Gasteiger partial charge in [-0.1, -0.05) is 6.07 Å². The summed E-state index contributed by atoms with van der Waals surface area (Å²) in [5.74, 6) is 1.59. The minimum atomic E-state index is -2.90. The van der Waals surface area contributed by atoms with Crippen molar-refractivity contribution in [3.63, 3.8) is 0 Å². The highest BCUT2D eigenvalue weighted by Crippen LogP contribution is 2.11. The molecule has 1 fully saturated rings. The van der Waals surface area contributed by atoms with Gasteiger partial charge in [0.2, 0.25) is 5.88 Å². The van der Waals surface area contributed by atoms with Gasteiger partial charge >= 0.3 is 0 Å². The van der Waals surface area contributed by atoms with E-state index in [0.717, 1.165) is 5.56 Å². The van der Waals surface area contributed by atoms with Crippen molar-refractivity contribution in [3.8, 4) is 5.88 Å². The molecule has 1 aromatic rings.